The van der Waals surface area contributed by atoms with Gasteiger partial charge in [-0.1, -0.05) is 24.4 Å². The van der Waals surface area contributed by atoms with Crippen molar-refractivity contribution in [3.05, 3.63) is 33.3 Å². The molecule has 0 aliphatic heterocycles. The lowest BCUT2D eigenvalue weighted by Crippen LogP contribution is -2.24. The van der Waals surface area contributed by atoms with E-state index in [0.29, 0.717) is 10.6 Å². The average Bonchev–Trinajstić information content (AvgIpc) is 3.06. The number of nitrogens with one attached hydrogen (secondary N) is 1. The predicted octanol–water partition coefficient (Wildman–Crippen LogP) is 3.63. The summed E-state index contributed by atoms with van der Waals surface area (Å²) in [5.41, 5.74) is 0.645. The van der Waals surface area contributed by atoms with Gasteiger partial charge >= 0.3 is 0 Å². The van der Waals surface area contributed by atoms with Crippen molar-refractivity contribution in [1.82, 2.24) is 5.32 Å². The van der Waals surface area contributed by atoms with E-state index in [1.54, 1.807) is 18.2 Å². The van der Waals surface area contributed by atoms with E-state index in [0.717, 1.165) is 23.4 Å². The smallest absolute Gasteiger partial charge is 0.251 e. The molecule has 1 fully saturated rings. The topological polar surface area (TPSA) is 29.1 Å². The van der Waals surface area contributed by atoms with Crippen molar-refractivity contribution in [1.29, 1.82) is 0 Å². The van der Waals surface area contributed by atoms with Crippen molar-refractivity contribution in [2.75, 3.05) is 6.54 Å². The second-order valence-corrected chi connectivity index (χ2v) is 5.38. The van der Waals surface area contributed by atoms with Crippen LogP contribution >= 0.6 is 27.5 Å². The van der Waals surface area contributed by atoms with Crippen molar-refractivity contribution >= 4 is 33.4 Å². The number of amides is 1. The molecule has 1 saturated carbocycles. The van der Waals surface area contributed by atoms with Crippen LogP contribution in [0.1, 0.15) is 29.6 Å². The van der Waals surface area contributed by atoms with Gasteiger partial charge in [0.2, 0.25) is 0 Å². The number of benzene rings is 1. The van der Waals surface area contributed by atoms with Crippen LogP contribution < -0.4 is 5.32 Å². The maximum absolute atomic E-state index is 11.7. The Balaban J connectivity index is 1.88. The Morgan fingerprint density at radius 1 is 1.50 bits per heavy atom. The minimum absolute atomic E-state index is 0.0296. The van der Waals surface area contributed by atoms with Crippen molar-refractivity contribution in [3.63, 3.8) is 0 Å². The van der Waals surface area contributed by atoms with Crippen LogP contribution in [0.4, 0.5) is 0 Å². The van der Waals surface area contributed by atoms with Crippen LogP contribution in [0, 0.1) is 5.92 Å². The van der Waals surface area contributed by atoms with Gasteiger partial charge < -0.3 is 5.32 Å². The molecular formula is C12H13BrClNO. The first-order valence-corrected chi connectivity index (χ1v) is 6.57. The van der Waals surface area contributed by atoms with Gasteiger partial charge in [0.1, 0.15) is 0 Å². The zero-order valence-electron chi connectivity index (χ0n) is 8.80. The number of hydrogen-bond donors (Lipinski definition) is 1. The number of rotatable bonds is 4. The summed E-state index contributed by atoms with van der Waals surface area (Å²) in [4.78, 5) is 11.7. The van der Waals surface area contributed by atoms with Crippen molar-refractivity contribution in [3.8, 4) is 0 Å². The number of hydrogen-bond acceptors (Lipinski definition) is 1. The number of carbonyl (C=O) groups is 1. The van der Waals surface area contributed by atoms with Gasteiger partial charge in [-0.2, -0.15) is 0 Å². The maximum Gasteiger partial charge on any atom is 0.251 e. The van der Waals surface area contributed by atoms with Crippen molar-refractivity contribution in [2.45, 2.75) is 19.3 Å². The molecule has 1 amide bonds. The molecule has 1 aromatic rings. The van der Waals surface area contributed by atoms with Crippen LogP contribution in [0.5, 0.6) is 0 Å². The molecule has 16 heavy (non-hydrogen) atoms. The van der Waals surface area contributed by atoms with Crippen molar-refractivity contribution in [2.24, 2.45) is 5.92 Å². The SMILES string of the molecule is O=C(NCCC1CC1)c1ccc(Cl)c(Br)c1. The summed E-state index contributed by atoms with van der Waals surface area (Å²) < 4.78 is 0.754. The molecule has 0 heterocycles. The Labute approximate surface area is 108 Å². The summed E-state index contributed by atoms with van der Waals surface area (Å²) in [5.74, 6) is 0.815. The lowest BCUT2D eigenvalue weighted by Gasteiger charge is -2.05. The predicted molar refractivity (Wildman–Crippen MR) is 68.8 cm³/mol. The van der Waals surface area contributed by atoms with Gasteiger partial charge in [-0.3, -0.25) is 4.79 Å². The fraction of sp³-hybridized carbons (Fsp3) is 0.417. The normalized spacial score (nSPS) is 14.9. The first kappa shape index (κ1) is 11.9. The van der Waals surface area contributed by atoms with Gasteiger partial charge in [-0.05, 0) is 46.5 Å². The Bertz CT molecular complexity index is 404. The summed E-state index contributed by atoms with van der Waals surface area (Å²) in [6.45, 7) is 0.768. The molecule has 2 nitrogen and oxygen atoms in total. The largest absolute Gasteiger partial charge is 0.352 e. The highest BCUT2D eigenvalue weighted by Gasteiger charge is 2.20. The zero-order valence-corrected chi connectivity index (χ0v) is 11.1. The van der Waals surface area contributed by atoms with Crippen LogP contribution in [-0.2, 0) is 0 Å². The third kappa shape index (κ3) is 3.22. The average molecular weight is 303 g/mol. The minimum atomic E-state index is -0.0296. The van der Waals surface area contributed by atoms with Crippen LogP contribution in [0.15, 0.2) is 22.7 Å². The second kappa shape index (κ2) is 5.19. The van der Waals surface area contributed by atoms with Crippen LogP contribution in [0.3, 0.4) is 0 Å². The number of halogens is 2. The van der Waals surface area contributed by atoms with Gasteiger partial charge in [-0.25, -0.2) is 0 Å². The van der Waals surface area contributed by atoms with E-state index in [9.17, 15) is 4.79 Å². The van der Waals surface area contributed by atoms with Crippen LogP contribution in [-0.4, -0.2) is 12.5 Å². The molecule has 86 valence electrons. The fourth-order valence-corrected chi connectivity index (χ4v) is 2.03. The van der Waals surface area contributed by atoms with E-state index < -0.39 is 0 Å². The van der Waals surface area contributed by atoms with Crippen molar-refractivity contribution < 1.29 is 4.79 Å². The lowest BCUT2D eigenvalue weighted by atomic mass is 10.2. The molecule has 0 spiro atoms. The van der Waals surface area contributed by atoms with E-state index in [4.69, 9.17) is 11.6 Å². The third-order valence-corrected chi connectivity index (χ3v) is 3.93. The highest BCUT2D eigenvalue weighted by molar-refractivity contribution is 9.10. The molecule has 1 N–H and O–H groups in total. The zero-order chi connectivity index (χ0) is 11.5. The fourth-order valence-electron chi connectivity index (χ4n) is 1.54. The number of carbonyl (C=O) groups excluding carboxylic acids is 1. The van der Waals surface area contributed by atoms with Gasteiger partial charge in [0, 0.05) is 16.6 Å². The molecule has 0 atom stereocenters. The highest BCUT2D eigenvalue weighted by atomic mass is 79.9. The maximum atomic E-state index is 11.7. The van der Waals surface area contributed by atoms with Gasteiger partial charge in [0.05, 0.1) is 5.02 Å². The van der Waals surface area contributed by atoms with Crippen LogP contribution in [0.2, 0.25) is 5.02 Å². The lowest BCUT2D eigenvalue weighted by molar-refractivity contribution is 0.0952. The first-order valence-electron chi connectivity index (χ1n) is 5.40. The summed E-state index contributed by atoms with van der Waals surface area (Å²) in [6, 6.07) is 5.20. The molecule has 2 rings (SSSR count). The van der Waals surface area contributed by atoms with E-state index >= 15 is 0 Å². The molecule has 0 unspecified atom stereocenters. The summed E-state index contributed by atoms with van der Waals surface area (Å²) in [7, 11) is 0. The van der Waals surface area contributed by atoms with Gasteiger partial charge in [0.25, 0.3) is 5.91 Å². The molecule has 0 aromatic heterocycles. The quantitative estimate of drug-likeness (QED) is 0.904. The van der Waals surface area contributed by atoms with E-state index in [-0.39, 0.29) is 5.91 Å². The Morgan fingerprint density at radius 3 is 2.88 bits per heavy atom. The monoisotopic (exact) mass is 301 g/mol. The molecule has 1 aromatic carbocycles. The Hall–Kier alpha value is -0.540. The second-order valence-electron chi connectivity index (χ2n) is 4.12. The highest BCUT2D eigenvalue weighted by Crippen LogP contribution is 2.31. The molecule has 4 heteroatoms. The van der Waals surface area contributed by atoms with Gasteiger partial charge in [-0.15, -0.1) is 0 Å². The Kier molecular flexibility index (Phi) is 3.87. The molecule has 1 aliphatic carbocycles. The summed E-state index contributed by atoms with van der Waals surface area (Å²) >= 11 is 9.16. The van der Waals surface area contributed by atoms with E-state index in [2.05, 4.69) is 21.2 Å². The molecule has 0 radical (unpaired) electrons. The summed E-state index contributed by atoms with van der Waals surface area (Å²) in [6.07, 6.45) is 3.74. The minimum Gasteiger partial charge on any atom is -0.352 e. The van der Waals surface area contributed by atoms with Crippen LogP contribution in [0.25, 0.3) is 0 Å². The molecular weight excluding hydrogens is 289 g/mol. The molecule has 0 bridgehead atoms. The van der Waals surface area contributed by atoms with E-state index in [1.807, 2.05) is 0 Å². The molecule has 1 aliphatic rings. The third-order valence-electron chi connectivity index (χ3n) is 2.72. The first-order chi connectivity index (χ1) is 7.66. The van der Waals surface area contributed by atoms with E-state index in [1.165, 1.54) is 12.8 Å². The van der Waals surface area contributed by atoms with Gasteiger partial charge in [0.15, 0.2) is 0 Å². The molecule has 0 saturated heterocycles. The summed E-state index contributed by atoms with van der Waals surface area (Å²) in [5, 5.41) is 3.53. The Morgan fingerprint density at radius 2 is 2.25 bits per heavy atom. The standard InChI is InChI=1S/C12H13BrClNO/c13-10-7-9(3-4-11(10)14)12(16)15-6-5-8-1-2-8/h3-4,7-8H,1-2,5-6H2,(H,15,16).